The monoisotopic (exact) mass is 360 g/mol. The lowest BCUT2D eigenvalue weighted by molar-refractivity contribution is 0.0895. The minimum absolute atomic E-state index is 0.00286. The summed E-state index contributed by atoms with van der Waals surface area (Å²) in [5.74, 6) is 0.199. The van der Waals surface area contributed by atoms with Crippen molar-refractivity contribution in [3.8, 4) is 5.75 Å². The van der Waals surface area contributed by atoms with Crippen molar-refractivity contribution in [3.63, 3.8) is 0 Å². The molecule has 5 heteroatoms. The van der Waals surface area contributed by atoms with Crippen molar-refractivity contribution >= 4 is 28.5 Å². The smallest absolute Gasteiger partial charge is 0.255 e. The Kier molecular flexibility index (Phi) is 3.82. The molecule has 1 aliphatic rings. The molecule has 4 nitrogen and oxygen atoms in total. The van der Waals surface area contributed by atoms with Gasteiger partial charge in [-0.25, -0.2) is 0 Å². The normalized spacial score (nSPS) is 18.2. The Morgan fingerprint density at radius 2 is 2.28 bits per heavy atom. The number of aromatic hydroxyl groups is 1. The molecule has 18 heavy (non-hydrogen) atoms. The average molecular weight is 360 g/mol. The summed E-state index contributed by atoms with van der Waals surface area (Å²) in [4.78, 5) is 12.2. The van der Waals surface area contributed by atoms with E-state index in [4.69, 9.17) is 5.73 Å². The van der Waals surface area contributed by atoms with Gasteiger partial charge in [0.2, 0.25) is 0 Å². The van der Waals surface area contributed by atoms with Crippen LogP contribution >= 0.6 is 22.6 Å². The average Bonchev–Trinajstić information content (AvgIpc) is 3.16. The van der Waals surface area contributed by atoms with Crippen LogP contribution in [0.1, 0.15) is 30.1 Å². The molecule has 1 atom stereocenters. The van der Waals surface area contributed by atoms with E-state index in [0.717, 1.165) is 16.4 Å². The summed E-state index contributed by atoms with van der Waals surface area (Å²) < 4.78 is 0.913. The van der Waals surface area contributed by atoms with Crippen LogP contribution in [0.25, 0.3) is 0 Å². The molecule has 1 amide bonds. The molecule has 1 saturated carbocycles. The maximum atomic E-state index is 12.2. The fourth-order valence-electron chi connectivity index (χ4n) is 2.06. The number of hydrogen-bond acceptors (Lipinski definition) is 3. The maximum absolute atomic E-state index is 12.2. The van der Waals surface area contributed by atoms with Crippen LogP contribution < -0.4 is 11.1 Å². The topological polar surface area (TPSA) is 75.3 Å². The standard InChI is InChI=1S/C13H17IN2O2/c1-13(7-15,8-2-3-8)16-12(18)10-6-9(14)4-5-11(10)17/h4-6,8,17H,2-3,7,15H2,1H3,(H,16,18). The third-order valence-electron chi connectivity index (χ3n) is 3.50. The van der Waals surface area contributed by atoms with Crippen LogP contribution in [0, 0.1) is 9.49 Å². The molecule has 0 heterocycles. The number of hydrogen-bond donors (Lipinski definition) is 3. The summed E-state index contributed by atoms with van der Waals surface area (Å²) in [6, 6.07) is 4.97. The van der Waals surface area contributed by atoms with Gasteiger partial charge in [0, 0.05) is 10.1 Å². The van der Waals surface area contributed by atoms with Crippen LogP contribution in [0.4, 0.5) is 0 Å². The predicted octanol–water partition coefficient (Wildman–Crippen LogP) is 1.85. The van der Waals surface area contributed by atoms with E-state index in [1.807, 2.05) is 6.92 Å². The van der Waals surface area contributed by atoms with Gasteiger partial charge in [0.05, 0.1) is 11.1 Å². The number of rotatable bonds is 4. The molecule has 1 aromatic carbocycles. The number of nitrogens with one attached hydrogen (secondary N) is 1. The van der Waals surface area contributed by atoms with Crippen molar-refractivity contribution in [1.29, 1.82) is 0 Å². The van der Waals surface area contributed by atoms with E-state index in [9.17, 15) is 9.90 Å². The number of amides is 1. The zero-order chi connectivity index (χ0) is 13.3. The second kappa shape index (κ2) is 5.05. The van der Waals surface area contributed by atoms with E-state index in [2.05, 4.69) is 27.9 Å². The Morgan fingerprint density at radius 3 is 2.83 bits per heavy atom. The van der Waals surface area contributed by atoms with E-state index in [0.29, 0.717) is 18.0 Å². The van der Waals surface area contributed by atoms with Crippen LogP contribution in [0.5, 0.6) is 5.75 Å². The number of benzene rings is 1. The van der Waals surface area contributed by atoms with Gasteiger partial charge < -0.3 is 16.2 Å². The first-order chi connectivity index (χ1) is 8.46. The van der Waals surface area contributed by atoms with Gasteiger partial charge in [-0.15, -0.1) is 0 Å². The lowest BCUT2D eigenvalue weighted by Crippen LogP contribution is -2.53. The van der Waals surface area contributed by atoms with E-state index >= 15 is 0 Å². The lowest BCUT2D eigenvalue weighted by atomic mass is 9.95. The molecule has 0 aliphatic heterocycles. The van der Waals surface area contributed by atoms with E-state index < -0.39 is 0 Å². The fraction of sp³-hybridized carbons (Fsp3) is 0.462. The quantitative estimate of drug-likeness (QED) is 0.718. The summed E-state index contributed by atoms with van der Waals surface area (Å²) in [5.41, 5.74) is 5.70. The Morgan fingerprint density at radius 1 is 1.61 bits per heavy atom. The van der Waals surface area contributed by atoms with Crippen molar-refractivity contribution in [1.82, 2.24) is 5.32 Å². The molecule has 0 spiro atoms. The van der Waals surface area contributed by atoms with Crippen molar-refractivity contribution in [3.05, 3.63) is 27.3 Å². The van der Waals surface area contributed by atoms with Gasteiger partial charge in [0.1, 0.15) is 5.75 Å². The molecular weight excluding hydrogens is 343 g/mol. The van der Waals surface area contributed by atoms with E-state index in [-0.39, 0.29) is 17.2 Å². The van der Waals surface area contributed by atoms with Gasteiger partial charge in [-0.1, -0.05) is 0 Å². The van der Waals surface area contributed by atoms with Gasteiger partial charge in [0.25, 0.3) is 5.91 Å². The van der Waals surface area contributed by atoms with Gasteiger partial charge in [0.15, 0.2) is 0 Å². The first kappa shape index (κ1) is 13.6. The molecule has 0 bridgehead atoms. The maximum Gasteiger partial charge on any atom is 0.255 e. The molecule has 0 radical (unpaired) electrons. The highest BCUT2D eigenvalue weighted by Gasteiger charge is 2.41. The van der Waals surface area contributed by atoms with E-state index in [1.54, 1.807) is 12.1 Å². The molecule has 4 N–H and O–H groups in total. The van der Waals surface area contributed by atoms with Crippen LogP contribution in [-0.4, -0.2) is 23.1 Å². The Labute approximate surface area is 120 Å². The minimum atomic E-state index is -0.370. The highest BCUT2D eigenvalue weighted by atomic mass is 127. The Bertz CT molecular complexity index is 474. The number of halogens is 1. The van der Waals surface area contributed by atoms with Crippen LogP contribution in [-0.2, 0) is 0 Å². The first-order valence-electron chi connectivity index (χ1n) is 5.97. The van der Waals surface area contributed by atoms with Crippen molar-refractivity contribution in [2.24, 2.45) is 11.7 Å². The van der Waals surface area contributed by atoms with Crippen molar-refractivity contribution in [2.75, 3.05) is 6.54 Å². The Hall–Kier alpha value is -0.820. The summed E-state index contributed by atoms with van der Waals surface area (Å²) in [6.45, 7) is 2.38. The minimum Gasteiger partial charge on any atom is -0.507 e. The van der Waals surface area contributed by atoms with Crippen molar-refractivity contribution in [2.45, 2.75) is 25.3 Å². The van der Waals surface area contributed by atoms with Crippen molar-refractivity contribution < 1.29 is 9.90 Å². The van der Waals surface area contributed by atoms with Crippen LogP contribution in [0.15, 0.2) is 18.2 Å². The number of nitrogens with two attached hydrogens (primary N) is 1. The molecule has 1 aromatic rings. The SMILES string of the molecule is CC(CN)(NC(=O)c1cc(I)ccc1O)C1CC1. The first-order valence-corrected chi connectivity index (χ1v) is 7.05. The highest BCUT2D eigenvalue weighted by Crippen LogP contribution is 2.39. The fourth-order valence-corrected chi connectivity index (χ4v) is 2.55. The highest BCUT2D eigenvalue weighted by molar-refractivity contribution is 14.1. The van der Waals surface area contributed by atoms with Gasteiger partial charge in [-0.05, 0) is 66.5 Å². The third kappa shape index (κ3) is 2.77. The summed E-state index contributed by atoms with van der Waals surface area (Å²) in [5, 5.41) is 12.7. The number of phenolic OH excluding ortho intramolecular Hbond substituents is 1. The zero-order valence-electron chi connectivity index (χ0n) is 10.2. The summed E-state index contributed by atoms with van der Waals surface area (Å²) in [7, 11) is 0. The predicted molar refractivity (Wildman–Crippen MR) is 78.5 cm³/mol. The molecule has 2 rings (SSSR count). The summed E-state index contributed by atoms with van der Waals surface area (Å²) >= 11 is 2.11. The largest absolute Gasteiger partial charge is 0.507 e. The van der Waals surface area contributed by atoms with Gasteiger partial charge in [-0.3, -0.25) is 4.79 Å². The summed E-state index contributed by atoms with van der Waals surface area (Å²) in [6.07, 6.45) is 2.21. The molecule has 98 valence electrons. The second-order valence-corrected chi connectivity index (χ2v) is 6.26. The second-order valence-electron chi connectivity index (χ2n) is 5.01. The van der Waals surface area contributed by atoms with Gasteiger partial charge >= 0.3 is 0 Å². The number of carbonyl (C=O) groups is 1. The molecule has 1 unspecified atom stereocenters. The molecule has 1 aliphatic carbocycles. The lowest BCUT2D eigenvalue weighted by Gasteiger charge is -2.29. The Balaban J connectivity index is 2.18. The van der Waals surface area contributed by atoms with Crippen LogP contribution in [0.3, 0.4) is 0 Å². The molecule has 1 fully saturated rings. The molecule has 0 aromatic heterocycles. The van der Waals surface area contributed by atoms with Gasteiger partial charge in [-0.2, -0.15) is 0 Å². The molecular formula is C13H17IN2O2. The van der Waals surface area contributed by atoms with Crippen LogP contribution in [0.2, 0.25) is 0 Å². The number of carbonyl (C=O) groups excluding carboxylic acids is 1. The van der Waals surface area contributed by atoms with E-state index in [1.165, 1.54) is 6.07 Å². The molecule has 0 saturated heterocycles. The number of phenols is 1. The zero-order valence-corrected chi connectivity index (χ0v) is 12.4. The third-order valence-corrected chi connectivity index (χ3v) is 4.18.